The van der Waals surface area contributed by atoms with E-state index in [0.717, 1.165) is 30.1 Å². The van der Waals surface area contributed by atoms with Crippen LogP contribution in [0, 0.1) is 0 Å². The molecule has 1 amide bonds. The molecule has 0 saturated carbocycles. The zero-order chi connectivity index (χ0) is 13.9. The van der Waals surface area contributed by atoms with Crippen LogP contribution in [0.3, 0.4) is 0 Å². The number of carbonyl (C=O) groups is 1. The summed E-state index contributed by atoms with van der Waals surface area (Å²) in [4.78, 5) is 19.5. The molecule has 6 heteroatoms. The summed E-state index contributed by atoms with van der Waals surface area (Å²) in [5.41, 5.74) is 0. The van der Waals surface area contributed by atoms with Crippen molar-refractivity contribution in [2.45, 2.75) is 23.0 Å². The number of rotatable bonds is 3. The highest BCUT2D eigenvalue weighted by Crippen LogP contribution is 2.31. The topological polar surface area (TPSA) is 51.0 Å². The fraction of sp³-hybridized carbons (Fsp3) is 0.357. The van der Waals surface area contributed by atoms with Gasteiger partial charge in [0.15, 0.2) is 5.82 Å². The van der Waals surface area contributed by atoms with Gasteiger partial charge in [-0.1, -0.05) is 0 Å². The number of aryl methyl sites for hydroxylation is 1. The van der Waals surface area contributed by atoms with E-state index in [2.05, 4.69) is 10.1 Å². The molecule has 0 N–H and O–H groups in total. The molecule has 0 spiro atoms. The molecule has 20 heavy (non-hydrogen) atoms. The van der Waals surface area contributed by atoms with E-state index in [1.807, 2.05) is 31.4 Å². The first kappa shape index (κ1) is 13.2. The van der Waals surface area contributed by atoms with Crippen LogP contribution in [0.5, 0.6) is 0 Å². The number of nitrogens with zero attached hydrogens (tertiary/aromatic N) is 4. The van der Waals surface area contributed by atoms with Gasteiger partial charge in [-0.2, -0.15) is 5.10 Å². The lowest BCUT2D eigenvalue weighted by atomic mass is 10.1. The van der Waals surface area contributed by atoms with Gasteiger partial charge in [-0.25, -0.2) is 0 Å². The van der Waals surface area contributed by atoms with Gasteiger partial charge in [-0.15, -0.1) is 11.8 Å². The van der Waals surface area contributed by atoms with Gasteiger partial charge in [0, 0.05) is 43.1 Å². The van der Waals surface area contributed by atoms with Crippen molar-refractivity contribution in [1.82, 2.24) is 14.8 Å². The number of thioether (sulfide) groups is 1. The molecular weight excluding hydrogens is 272 g/mol. The number of amides is 1. The molecule has 1 aliphatic rings. The highest BCUT2D eigenvalue weighted by atomic mass is 32.2. The lowest BCUT2D eigenvalue weighted by Crippen LogP contribution is -2.43. The van der Waals surface area contributed by atoms with Gasteiger partial charge in [0.2, 0.25) is 5.91 Å². The van der Waals surface area contributed by atoms with Crippen molar-refractivity contribution in [2.75, 3.05) is 11.4 Å². The molecule has 1 aliphatic heterocycles. The van der Waals surface area contributed by atoms with E-state index in [-0.39, 0.29) is 11.2 Å². The number of aromatic nitrogens is 3. The molecule has 1 fully saturated rings. The Morgan fingerprint density at radius 3 is 2.80 bits per heavy atom. The minimum absolute atomic E-state index is 0.0341. The number of pyridine rings is 1. The second kappa shape index (κ2) is 5.66. The minimum atomic E-state index is -0.0341. The van der Waals surface area contributed by atoms with Crippen LogP contribution in [-0.2, 0) is 11.8 Å². The largest absolute Gasteiger partial charge is 0.294 e. The predicted molar refractivity (Wildman–Crippen MR) is 78.7 cm³/mol. The number of hydrogen-bond donors (Lipinski definition) is 0. The maximum Gasteiger partial charge on any atom is 0.241 e. The number of carbonyl (C=O) groups excluding carboxylic acids is 1. The molecule has 3 heterocycles. The molecule has 0 radical (unpaired) electrons. The van der Waals surface area contributed by atoms with Crippen LogP contribution in [-0.4, -0.2) is 32.5 Å². The zero-order valence-electron chi connectivity index (χ0n) is 11.3. The molecule has 0 aromatic carbocycles. The van der Waals surface area contributed by atoms with Crippen LogP contribution in [0.1, 0.15) is 12.8 Å². The molecular formula is C14H16N4OS. The molecule has 1 saturated heterocycles. The van der Waals surface area contributed by atoms with E-state index >= 15 is 0 Å². The van der Waals surface area contributed by atoms with Crippen molar-refractivity contribution in [3.8, 4) is 0 Å². The molecule has 5 nitrogen and oxygen atoms in total. The van der Waals surface area contributed by atoms with Crippen molar-refractivity contribution < 1.29 is 4.79 Å². The monoisotopic (exact) mass is 288 g/mol. The highest BCUT2D eigenvalue weighted by Gasteiger charge is 2.31. The first-order valence-corrected chi connectivity index (χ1v) is 7.50. The Hall–Kier alpha value is -1.82. The summed E-state index contributed by atoms with van der Waals surface area (Å²) in [6.07, 6.45) is 7.29. The first-order valence-electron chi connectivity index (χ1n) is 6.62. The highest BCUT2D eigenvalue weighted by molar-refractivity contribution is 8.00. The van der Waals surface area contributed by atoms with Crippen LogP contribution in [0.25, 0.3) is 0 Å². The number of hydrogen-bond acceptors (Lipinski definition) is 4. The minimum Gasteiger partial charge on any atom is -0.294 e. The quantitative estimate of drug-likeness (QED) is 0.868. The Morgan fingerprint density at radius 1 is 1.30 bits per heavy atom. The summed E-state index contributed by atoms with van der Waals surface area (Å²) in [6, 6.07) is 5.77. The SMILES string of the molecule is Cn1ccc(N2CCC[C@@H](Sc3ccncc3)C2=O)n1. The van der Waals surface area contributed by atoms with Crippen LogP contribution in [0.4, 0.5) is 5.82 Å². The third-order valence-electron chi connectivity index (χ3n) is 3.29. The molecule has 0 bridgehead atoms. The van der Waals surface area contributed by atoms with Gasteiger partial charge in [0.05, 0.1) is 5.25 Å². The Labute approximate surface area is 122 Å². The summed E-state index contributed by atoms with van der Waals surface area (Å²) < 4.78 is 1.72. The van der Waals surface area contributed by atoms with Crippen molar-refractivity contribution >= 4 is 23.5 Å². The summed E-state index contributed by atoms with van der Waals surface area (Å²) >= 11 is 1.61. The molecule has 3 rings (SSSR count). The van der Waals surface area contributed by atoms with E-state index in [1.54, 1.807) is 33.7 Å². The second-order valence-corrected chi connectivity index (χ2v) is 6.05. The average molecular weight is 288 g/mol. The predicted octanol–water partition coefficient (Wildman–Crippen LogP) is 2.10. The van der Waals surface area contributed by atoms with E-state index < -0.39 is 0 Å². The van der Waals surface area contributed by atoms with Crippen LogP contribution >= 0.6 is 11.8 Å². The molecule has 104 valence electrons. The van der Waals surface area contributed by atoms with E-state index in [4.69, 9.17) is 0 Å². The van der Waals surface area contributed by atoms with E-state index in [1.165, 1.54) is 0 Å². The average Bonchev–Trinajstić information content (AvgIpc) is 2.89. The number of anilines is 1. The van der Waals surface area contributed by atoms with Gasteiger partial charge in [0.1, 0.15) is 0 Å². The van der Waals surface area contributed by atoms with E-state index in [9.17, 15) is 4.79 Å². The Morgan fingerprint density at radius 2 is 2.10 bits per heavy atom. The lowest BCUT2D eigenvalue weighted by molar-refractivity contribution is -0.119. The van der Waals surface area contributed by atoms with Crippen molar-refractivity contribution in [3.63, 3.8) is 0 Å². The standard InChI is InChI=1S/C14H16N4OS/c1-17-10-6-13(16-17)18-9-2-3-12(14(18)19)20-11-4-7-15-8-5-11/h4-8,10,12H,2-3,9H2,1H3/t12-/m1/s1. The van der Waals surface area contributed by atoms with Gasteiger partial charge in [-0.3, -0.25) is 19.4 Å². The first-order chi connectivity index (χ1) is 9.74. The van der Waals surface area contributed by atoms with Gasteiger partial charge >= 0.3 is 0 Å². The third-order valence-corrected chi connectivity index (χ3v) is 4.56. The molecule has 0 unspecified atom stereocenters. The summed E-state index contributed by atoms with van der Waals surface area (Å²) in [5, 5.41) is 4.29. The summed E-state index contributed by atoms with van der Waals surface area (Å²) in [7, 11) is 1.86. The van der Waals surface area contributed by atoms with Crippen LogP contribution in [0.2, 0.25) is 0 Å². The summed E-state index contributed by atoms with van der Waals surface area (Å²) in [5.74, 6) is 0.897. The normalized spacial score (nSPS) is 19.4. The van der Waals surface area contributed by atoms with Gasteiger partial charge in [0.25, 0.3) is 0 Å². The lowest BCUT2D eigenvalue weighted by Gasteiger charge is -2.30. The van der Waals surface area contributed by atoms with Gasteiger partial charge in [-0.05, 0) is 25.0 Å². The van der Waals surface area contributed by atoms with Crippen molar-refractivity contribution in [2.24, 2.45) is 7.05 Å². The molecule has 2 aromatic heterocycles. The van der Waals surface area contributed by atoms with Crippen LogP contribution in [0.15, 0.2) is 41.7 Å². The van der Waals surface area contributed by atoms with Crippen LogP contribution < -0.4 is 4.90 Å². The fourth-order valence-corrected chi connectivity index (χ4v) is 3.43. The van der Waals surface area contributed by atoms with E-state index in [0.29, 0.717) is 0 Å². The Balaban J connectivity index is 1.75. The Bertz CT molecular complexity index is 598. The smallest absolute Gasteiger partial charge is 0.241 e. The summed E-state index contributed by atoms with van der Waals surface area (Å²) in [6.45, 7) is 0.753. The molecule has 0 aliphatic carbocycles. The second-order valence-electron chi connectivity index (χ2n) is 4.77. The third kappa shape index (κ3) is 2.70. The van der Waals surface area contributed by atoms with Gasteiger partial charge < -0.3 is 0 Å². The maximum absolute atomic E-state index is 12.6. The van der Waals surface area contributed by atoms with Crippen molar-refractivity contribution in [1.29, 1.82) is 0 Å². The number of piperidine rings is 1. The van der Waals surface area contributed by atoms with Crippen molar-refractivity contribution in [3.05, 3.63) is 36.8 Å². The zero-order valence-corrected chi connectivity index (χ0v) is 12.1. The molecule has 2 aromatic rings. The Kier molecular flexibility index (Phi) is 3.73. The molecule has 1 atom stereocenters. The fourth-order valence-electron chi connectivity index (χ4n) is 2.31. The maximum atomic E-state index is 12.6.